The van der Waals surface area contributed by atoms with Crippen LogP contribution in [0.25, 0.3) is 0 Å². The van der Waals surface area contributed by atoms with Crippen LogP contribution >= 0.6 is 0 Å². The summed E-state index contributed by atoms with van der Waals surface area (Å²) in [6.07, 6.45) is 4.83. The zero-order chi connectivity index (χ0) is 15.2. The lowest BCUT2D eigenvalue weighted by Gasteiger charge is -2.25. The molecule has 1 unspecified atom stereocenters. The molecule has 3 nitrogen and oxygen atoms in total. The van der Waals surface area contributed by atoms with Gasteiger partial charge in [0.2, 0.25) is 0 Å². The van der Waals surface area contributed by atoms with E-state index in [1.54, 1.807) is 0 Å². The van der Waals surface area contributed by atoms with E-state index >= 15 is 0 Å². The minimum absolute atomic E-state index is 0.300. The molecule has 0 fully saturated rings. The molecule has 0 saturated heterocycles. The molecule has 1 heterocycles. The highest BCUT2D eigenvalue weighted by atomic mass is 15.1. The van der Waals surface area contributed by atoms with Crippen LogP contribution in [0.3, 0.4) is 0 Å². The maximum atomic E-state index is 4.26. The number of anilines is 2. The van der Waals surface area contributed by atoms with Crippen LogP contribution in [0.15, 0.2) is 48.8 Å². The molecule has 1 aromatic carbocycles. The van der Waals surface area contributed by atoms with Crippen LogP contribution in [0.5, 0.6) is 0 Å². The number of benzene rings is 1. The Bertz CT molecular complexity index is 549. The molecule has 1 atom stereocenters. The van der Waals surface area contributed by atoms with Crippen molar-refractivity contribution in [1.29, 1.82) is 0 Å². The lowest BCUT2D eigenvalue weighted by molar-refractivity contribution is 0.531. The standard InChI is InChI=1S/C18H25N3/c1-14(2)12-16(15-8-6-5-7-9-15)20-17-13-19-11-10-18(17)21(3)4/h5-11,13-14,16,20H,12H2,1-4H3. The number of nitrogens with one attached hydrogen (secondary N) is 1. The van der Waals surface area contributed by atoms with Gasteiger partial charge in [0.05, 0.1) is 23.6 Å². The molecule has 0 aliphatic carbocycles. The highest BCUT2D eigenvalue weighted by Gasteiger charge is 2.15. The Hall–Kier alpha value is -2.03. The van der Waals surface area contributed by atoms with Gasteiger partial charge in [-0.15, -0.1) is 0 Å². The molecule has 0 amide bonds. The largest absolute Gasteiger partial charge is 0.376 e. The minimum atomic E-state index is 0.300. The summed E-state index contributed by atoms with van der Waals surface area (Å²) < 4.78 is 0. The van der Waals surface area contributed by atoms with Gasteiger partial charge in [0.1, 0.15) is 0 Å². The van der Waals surface area contributed by atoms with E-state index in [1.165, 1.54) is 5.56 Å². The Balaban J connectivity index is 2.27. The van der Waals surface area contributed by atoms with E-state index in [-0.39, 0.29) is 0 Å². The fourth-order valence-electron chi connectivity index (χ4n) is 2.51. The van der Waals surface area contributed by atoms with Crippen molar-refractivity contribution in [2.75, 3.05) is 24.3 Å². The molecule has 2 rings (SSSR count). The predicted molar refractivity (Wildman–Crippen MR) is 90.8 cm³/mol. The second-order valence-corrected chi connectivity index (χ2v) is 6.02. The van der Waals surface area contributed by atoms with Gasteiger partial charge in [-0.05, 0) is 24.0 Å². The summed E-state index contributed by atoms with van der Waals surface area (Å²) in [7, 11) is 4.11. The smallest absolute Gasteiger partial charge is 0.0769 e. The van der Waals surface area contributed by atoms with Crippen LogP contribution in [0.4, 0.5) is 11.4 Å². The van der Waals surface area contributed by atoms with E-state index in [0.29, 0.717) is 12.0 Å². The number of pyridine rings is 1. The van der Waals surface area contributed by atoms with Crippen molar-refractivity contribution in [3.8, 4) is 0 Å². The van der Waals surface area contributed by atoms with Crippen LogP contribution in [-0.2, 0) is 0 Å². The molecule has 112 valence electrons. The predicted octanol–water partition coefficient (Wildman–Crippen LogP) is 4.35. The van der Waals surface area contributed by atoms with Gasteiger partial charge in [-0.1, -0.05) is 44.2 Å². The van der Waals surface area contributed by atoms with Crippen molar-refractivity contribution in [1.82, 2.24) is 4.98 Å². The molecule has 0 aliphatic heterocycles. The summed E-state index contributed by atoms with van der Waals surface area (Å²) in [4.78, 5) is 6.38. The van der Waals surface area contributed by atoms with Gasteiger partial charge in [-0.3, -0.25) is 4.98 Å². The molecule has 0 saturated carbocycles. The molecule has 2 aromatic rings. The Morgan fingerprint density at radius 1 is 1.10 bits per heavy atom. The number of hydrogen-bond donors (Lipinski definition) is 1. The summed E-state index contributed by atoms with van der Waals surface area (Å²) in [5, 5.41) is 3.67. The summed E-state index contributed by atoms with van der Waals surface area (Å²) in [6.45, 7) is 4.52. The number of nitrogens with zero attached hydrogens (tertiary/aromatic N) is 2. The van der Waals surface area contributed by atoms with Crippen molar-refractivity contribution >= 4 is 11.4 Å². The summed E-state index contributed by atoms with van der Waals surface area (Å²) in [5.74, 6) is 0.627. The number of aromatic nitrogens is 1. The maximum Gasteiger partial charge on any atom is 0.0769 e. The van der Waals surface area contributed by atoms with Crippen LogP contribution in [0, 0.1) is 5.92 Å². The number of rotatable bonds is 6. The zero-order valence-corrected chi connectivity index (χ0v) is 13.4. The van der Waals surface area contributed by atoms with E-state index < -0.39 is 0 Å². The first-order chi connectivity index (χ1) is 10.1. The first-order valence-electron chi connectivity index (χ1n) is 7.50. The molecule has 0 spiro atoms. The summed E-state index contributed by atoms with van der Waals surface area (Å²) >= 11 is 0. The van der Waals surface area contributed by atoms with Crippen LogP contribution < -0.4 is 10.2 Å². The van der Waals surface area contributed by atoms with E-state index in [1.807, 2.05) is 18.5 Å². The first-order valence-corrected chi connectivity index (χ1v) is 7.50. The van der Waals surface area contributed by atoms with Gasteiger partial charge in [-0.2, -0.15) is 0 Å². The average Bonchev–Trinajstić information content (AvgIpc) is 2.47. The monoisotopic (exact) mass is 283 g/mol. The zero-order valence-electron chi connectivity index (χ0n) is 13.4. The lowest BCUT2D eigenvalue weighted by Crippen LogP contribution is -2.17. The summed E-state index contributed by atoms with van der Waals surface area (Å²) in [5.41, 5.74) is 3.56. The highest BCUT2D eigenvalue weighted by Crippen LogP contribution is 2.30. The van der Waals surface area contributed by atoms with Gasteiger partial charge < -0.3 is 10.2 Å². The molecule has 21 heavy (non-hydrogen) atoms. The van der Waals surface area contributed by atoms with Gasteiger partial charge in [0.15, 0.2) is 0 Å². The minimum Gasteiger partial charge on any atom is -0.376 e. The molecule has 1 aromatic heterocycles. The molecular weight excluding hydrogens is 258 g/mol. The normalized spacial score (nSPS) is 12.2. The molecule has 0 bridgehead atoms. The van der Waals surface area contributed by atoms with Crippen molar-refractivity contribution in [2.45, 2.75) is 26.3 Å². The van der Waals surface area contributed by atoms with Crippen LogP contribution in [-0.4, -0.2) is 19.1 Å². The fraction of sp³-hybridized carbons (Fsp3) is 0.389. The van der Waals surface area contributed by atoms with Crippen LogP contribution in [0.2, 0.25) is 0 Å². The molecule has 0 aliphatic rings. The Morgan fingerprint density at radius 2 is 1.81 bits per heavy atom. The Labute approximate surface area is 128 Å². The second kappa shape index (κ2) is 7.11. The maximum absolute atomic E-state index is 4.26. The quantitative estimate of drug-likeness (QED) is 0.854. The highest BCUT2D eigenvalue weighted by molar-refractivity contribution is 5.68. The fourth-order valence-corrected chi connectivity index (χ4v) is 2.51. The van der Waals surface area contributed by atoms with E-state index in [0.717, 1.165) is 17.8 Å². The van der Waals surface area contributed by atoms with E-state index in [4.69, 9.17) is 0 Å². The third-order valence-electron chi connectivity index (χ3n) is 3.52. The Morgan fingerprint density at radius 3 is 2.43 bits per heavy atom. The van der Waals surface area contributed by atoms with Gasteiger partial charge in [-0.25, -0.2) is 0 Å². The topological polar surface area (TPSA) is 28.2 Å². The molecular formula is C18H25N3. The Kier molecular flexibility index (Phi) is 5.20. The SMILES string of the molecule is CC(C)CC(Nc1cnccc1N(C)C)c1ccccc1. The molecule has 3 heteroatoms. The van der Waals surface area contributed by atoms with Crippen molar-refractivity contribution in [3.05, 3.63) is 54.4 Å². The van der Waals surface area contributed by atoms with E-state index in [9.17, 15) is 0 Å². The first kappa shape index (κ1) is 15.4. The molecule has 0 radical (unpaired) electrons. The van der Waals surface area contributed by atoms with Gasteiger partial charge >= 0.3 is 0 Å². The van der Waals surface area contributed by atoms with Gasteiger partial charge in [0.25, 0.3) is 0 Å². The average molecular weight is 283 g/mol. The third-order valence-corrected chi connectivity index (χ3v) is 3.52. The lowest BCUT2D eigenvalue weighted by atomic mass is 9.97. The molecule has 1 N–H and O–H groups in total. The second-order valence-electron chi connectivity index (χ2n) is 6.02. The van der Waals surface area contributed by atoms with Crippen molar-refractivity contribution < 1.29 is 0 Å². The van der Waals surface area contributed by atoms with Crippen molar-refractivity contribution in [3.63, 3.8) is 0 Å². The van der Waals surface area contributed by atoms with Crippen molar-refractivity contribution in [2.24, 2.45) is 5.92 Å². The van der Waals surface area contributed by atoms with Crippen LogP contribution in [0.1, 0.15) is 31.9 Å². The summed E-state index contributed by atoms with van der Waals surface area (Å²) in [6, 6.07) is 13.0. The van der Waals surface area contributed by atoms with E-state index in [2.05, 4.69) is 73.5 Å². The van der Waals surface area contributed by atoms with Gasteiger partial charge in [0, 0.05) is 20.3 Å². The third kappa shape index (κ3) is 4.22. The number of hydrogen-bond acceptors (Lipinski definition) is 3.